The number of hydrogen-bond donors (Lipinski definition) is 1. The summed E-state index contributed by atoms with van der Waals surface area (Å²) in [5.74, 6) is 0.767. The van der Waals surface area contributed by atoms with Crippen molar-refractivity contribution in [3.8, 4) is 5.75 Å². The molecule has 0 aliphatic carbocycles. The van der Waals surface area contributed by atoms with Gasteiger partial charge in [-0.05, 0) is 69.8 Å². The molecule has 2 heterocycles. The third-order valence-corrected chi connectivity index (χ3v) is 6.10. The Morgan fingerprint density at radius 3 is 2.46 bits per heavy atom. The van der Waals surface area contributed by atoms with Crippen LogP contribution in [0.4, 0.5) is 0 Å². The van der Waals surface area contributed by atoms with Gasteiger partial charge in [-0.3, -0.25) is 4.90 Å². The summed E-state index contributed by atoms with van der Waals surface area (Å²) in [4.78, 5) is 4.84. The Hall–Kier alpha value is -0.810. The van der Waals surface area contributed by atoms with E-state index in [2.05, 4.69) is 29.7 Å². The predicted molar refractivity (Wildman–Crippen MR) is 107 cm³/mol. The second-order valence-corrected chi connectivity index (χ2v) is 8.49. The maximum atomic E-state index is 10.9. The fourth-order valence-corrected chi connectivity index (χ4v) is 4.19. The molecule has 0 radical (unpaired) electrons. The normalized spacial score (nSPS) is 22.5. The van der Waals surface area contributed by atoms with E-state index < -0.39 is 5.60 Å². The molecule has 0 spiro atoms. The Morgan fingerprint density at radius 1 is 1.15 bits per heavy atom. The second-order valence-electron chi connectivity index (χ2n) is 8.09. The topological polar surface area (TPSA) is 35.9 Å². The summed E-state index contributed by atoms with van der Waals surface area (Å²) >= 11 is 6.40. The number of aliphatic hydroxyl groups is 1. The van der Waals surface area contributed by atoms with E-state index in [9.17, 15) is 5.11 Å². The molecule has 146 valence electrons. The fraction of sp³-hybridized carbons (Fsp3) is 0.714. The summed E-state index contributed by atoms with van der Waals surface area (Å²) in [5.41, 5.74) is 0.698. The molecule has 1 atom stereocenters. The molecule has 5 heteroatoms. The van der Waals surface area contributed by atoms with Gasteiger partial charge >= 0.3 is 0 Å². The number of β-amino-alcohol motifs (C(OH)–C–C–N with tert-alkyl or cyclic N) is 1. The highest BCUT2D eigenvalue weighted by molar-refractivity contribution is 6.32. The van der Waals surface area contributed by atoms with Gasteiger partial charge < -0.3 is 14.7 Å². The van der Waals surface area contributed by atoms with Crippen molar-refractivity contribution in [1.29, 1.82) is 0 Å². The SMILES string of the molecule is CC[C@H](C)Oc1ccc(CN2CCC(O)(CN3CCCC3)CC2)cc1Cl. The van der Waals surface area contributed by atoms with Crippen molar-refractivity contribution < 1.29 is 9.84 Å². The Bertz CT molecular complexity index is 581. The fourth-order valence-electron chi connectivity index (χ4n) is 3.94. The van der Waals surface area contributed by atoms with Gasteiger partial charge in [0.15, 0.2) is 0 Å². The number of halogens is 1. The lowest BCUT2D eigenvalue weighted by Gasteiger charge is -2.40. The average molecular weight is 381 g/mol. The van der Waals surface area contributed by atoms with Crippen molar-refractivity contribution >= 4 is 11.6 Å². The Labute approximate surface area is 163 Å². The van der Waals surface area contributed by atoms with Gasteiger partial charge in [0.25, 0.3) is 0 Å². The maximum absolute atomic E-state index is 10.9. The zero-order chi connectivity index (χ0) is 18.6. The lowest BCUT2D eigenvalue weighted by Crippen LogP contribution is -2.50. The van der Waals surface area contributed by atoms with E-state index in [0.29, 0.717) is 5.02 Å². The largest absolute Gasteiger partial charge is 0.489 e. The first-order chi connectivity index (χ1) is 12.5. The van der Waals surface area contributed by atoms with E-state index in [-0.39, 0.29) is 6.10 Å². The van der Waals surface area contributed by atoms with Crippen LogP contribution in [0.2, 0.25) is 5.02 Å². The van der Waals surface area contributed by atoms with Crippen molar-refractivity contribution in [2.24, 2.45) is 0 Å². The van der Waals surface area contributed by atoms with Crippen LogP contribution in [-0.2, 0) is 6.54 Å². The monoisotopic (exact) mass is 380 g/mol. The molecule has 0 saturated carbocycles. The third-order valence-electron chi connectivity index (χ3n) is 5.81. The van der Waals surface area contributed by atoms with Crippen LogP contribution in [0.1, 0.15) is 51.5 Å². The first-order valence-corrected chi connectivity index (χ1v) is 10.5. The van der Waals surface area contributed by atoms with Gasteiger partial charge in [-0.15, -0.1) is 0 Å². The molecule has 0 bridgehead atoms. The van der Waals surface area contributed by atoms with Crippen LogP contribution in [-0.4, -0.2) is 59.3 Å². The molecular formula is C21H33ClN2O2. The summed E-state index contributed by atoms with van der Waals surface area (Å²) < 4.78 is 5.85. The Kier molecular flexibility index (Phi) is 6.84. The second kappa shape index (κ2) is 8.92. The lowest BCUT2D eigenvalue weighted by atomic mass is 9.90. The minimum absolute atomic E-state index is 0.175. The van der Waals surface area contributed by atoms with Gasteiger partial charge in [0.05, 0.1) is 16.7 Å². The summed E-state index contributed by atoms with van der Waals surface area (Å²) in [6.07, 6.45) is 5.40. The van der Waals surface area contributed by atoms with Crippen LogP contribution >= 0.6 is 11.6 Å². The molecule has 0 amide bonds. The van der Waals surface area contributed by atoms with E-state index in [1.165, 1.54) is 18.4 Å². The number of likely N-dealkylation sites (tertiary alicyclic amines) is 2. The molecule has 3 rings (SSSR count). The van der Waals surface area contributed by atoms with Crippen molar-refractivity contribution in [2.75, 3.05) is 32.7 Å². The number of ether oxygens (including phenoxy) is 1. The highest BCUT2D eigenvalue weighted by Crippen LogP contribution is 2.29. The molecule has 2 aliphatic rings. The highest BCUT2D eigenvalue weighted by atomic mass is 35.5. The molecule has 2 fully saturated rings. The molecule has 2 saturated heterocycles. The quantitative estimate of drug-likeness (QED) is 0.777. The molecular weight excluding hydrogens is 348 g/mol. The van der Waals surface area contributed by atoms with Crippen molar-refractivity contribution in [1.82, 2.24) is 9.80 Å². The molecule has 2 aliphatic heterocycles. The van der Waals surface area contributed by atoms with Crippen molar-refractivity contribution in [2.45, 2.75) is 64.2 Å². The molecule has 1 N–H and O–H groups in total. The summed E-state index contributed by atoms with van der Waals surface area (Å²) in [5, 5.41) is 11.6. The summed E-state index contributed by atoms with van der Waals surface area (Å²) in [6.45, 7) is 10.1. The Balaban J connectivity index is 1.50. The van der Waals surface area contributed by atoms with E-state index in [1.807, 2.05) is 12.1 Å². The van der Waals surface area contributed by atoms with Gasteiger partial charge in [-0.1, -0.05) is 24.6 Å². The predicted octanol–water partition coefficient (Wildman–Crippen LogP) is 3.94. The Morgan fingerprint density at radius 2 is 1.85 bits per heavy atom. The van der Waals surface area contributed by atoms with Gasteiger partial charge in [-0.25, -0.2) is 0 Å². The maximum Gasteiger partial charge on any atom is 0.138 e. The number of nitrogens with zero attached hydrogens (tertiary/aromatic N) is 2. The van der Waals surface area contributed by atoms with Gasteiger partial charge in [0, 0.05) is 26.2 Å². The minimum atomic E-state index is -0.507. The van der Waals surface area contributed by atoms with Crippen LogP contribution in [0.5, 0.6) is 5.75 Å². The standard InChI is InChI=1S/C21H33ClN2O2/c1-3-17(2)26-20-7-6-18(14-19(20)22)15-23-12-8-21(25,9-13-23)16-24-10-4-5-11-24/h6-7,14,17,25H,3-5,8-13,15-16H2,1-2H3/t17-/m0/s1. The van der Waals surface area contributed by atoms with E-state index in [1.54, 1.807) is 0 Å². The molecule has 4 nitrogen and oxygen atoms in total. The summed E-state index contributed by atoms with van der Waals surface area (Å²) in [6, 6.07) is 6.11. The third kappa shape index (κ3) is 5.35. The average Bonchev–Trinajstić information content (AvgIpc) is 3.12. The highest BCUT2D eigenvalue weighted by Gasteiger charge is 2.34. The zero-order valence-electron chi connectivity index (χ0n) is 16.2. The van der Waals surface area contributed by atoms with Crippen LogP contribution in [0.15, 0.2) is 18.2 Å². The molecule has 0 aromatic heterocycles. The molecule has 1 aromatic carbocycles. The number of benzene rings is 1. The zero-order valence-corrected chi connectivity index (χ0v) is 17.0. The number of piperidine rings is 1. The first kappa shape index (κ1) is 19.9. The smallest absolute Gasteiger partial charge is 0.138 e. The minimum Gasteiger partial charge on any atom is -0.489 e. The van der Waals surface area contributed by atoms with Crippen LogP contribution in [0.25, 0.3) is 0 Å². The number of hydrogen-bond acceptors (Lipinski definition) is 4. The van der Waals surface area contributed by atoms with E-state index >= 15 is 0 Å². The molecule has 26 heavy (non-hydrogen) atoms. The lowest BCUT2D eigenvalue weighted by molar-refractivity contribution is -0.0430. The first-order valence-electron chi connectivity index (χ1n) is 10.1. The van der Waals surface area contributed by atoms with Gasteiger partial charge in [-0.2, -0.15) is 0 Å². The van der Waals surface area contributed by atoms with Crippen LogP contribution in [0.3, 0.4) is 0 Å². The van der Waals surface area contributed by atoms with Crippen LogP contribution < -0.4 is 4.74 Å². The van der Waals surface area contributed by atoms with Crippen LogP contribution in [0, 0.1) is 0 Å². The van der Waals surface area contributed by atoms with Crippen molar-refractivity contribution in [3.63, 3.8) is 0 Å². The summed E-state index contributed by atoms with van der Waals surface area (Å²) in [7, 11) is 0. The van der Waals surface area contributed by atoms with E-state index in [0.717, 1.165) is 64.3 Å². The van der Waals surface area contributed by atoms with Gasteiger partial charge in [0.2, 0.25) is 0 Å². The van der Waals surface area contributed by atoms with E-state index in [4.69, 9.17) is 16.3 Å². The van der Waals surface area contributed by atoms with Gasteiger partial charge in [0.1, 0.15) is 5.75 Å². The number of rotatable bonds is 7. The molecule has 0 unspecified atom stereocenters. The molecule has 1 aromatic rings. The van der Waals surface area contributed by atoms with Crippen molar-refractivity contribution in [3.05, 3.63) is 28.8 Å².